The molecule has 27 heavy (non-hydrogen) atoms. The van der Waals surface area contributed by atoms with E-state index in [2.05, 4.69) is 37.8 Å². The van der Waals surface area contributed by atoms with Gasteiger partial charge in [-0.3, -0.25) is 9.52 Å². The van der Waals surface area contributed by atoms with E-state index in [0.717, 1.165) is 9.13 Å². The van der Waals surface area contributed by atoms with Crippen molar-refractivity contribution in [3.63, 3.8) is 0 Å². The largest absolute Gasteiger partial charge is 0.360 e. The fourth-order valence-electron chi connectivity index (χ4n) is 2.27. The molecule has 0 unspecified atom stereocenters. The number of sulfonamides is 1. The van der Waals surface area contributed by atoms with Crippen LogP contribution in [0.3, 0.4) is 0 Å². The van der Waals surface area contributed by atoms with Gasteiger partial charge in [-0.2, -0.15) is 0 Å². The molecule has 0 saturated heterocycles. The average Bonchev–Trinajstić information content (AvgIpc) is 3.02. The number of amides is 1. The Morgan fingerprint density at radius 1 is 1.07 bits per heavy atom. The van der Waals surface area contributed by atoms with Crippen molar-refractivity contribution in [3.05, 3.63) is 69.0 Å². The van der Waals surface area contributed by atoms with E-state index in [1.807, 2.05) is 13.0 Å². The second-order valence-corrected chi connectivity index (χ2v) is 8.72. The van der Waals surface area contributed by atoms with Gasteiger partial charge in [-0.1, -0.05) is 11.2 Å². The van der Waals surface area contributed by atoms with Gasteiger partial charge in [0.1, 0.15) is 5.76 Å². The first-order chi connectivity index (χ1) is 12.7. The molecule has 0 fully saturated rings. The highest BCUT2D eigenvalue weighted by atomic mass is 127. The topological polar surface area (TPSA) is 101 Å². The molecule has 3 aromatic rings. The van der Waals surface area contributed by atoms with E-state index in [0.29, 0.717) is 17.0 Å². The molecule has 7 nitrogen and oxygen atoms in total. The Kier molecular flexibility index (Phi) is 5.51. The van der Waals surface area contributed by atoms with Crippen molar-refractivity contribution >= 4 is 50.0 Å². The molecule has 0 bridgehead atoms. The number of anilines is 2. The fourth-order valence-corrected chi connectivity index (χ4v) is 3.76. The summed E-state index contributed by atoms with van der Waals surface area (Å²) < 4.78 is 32.9. The highest BCUT2D eigenvalue weighted by molar-refractivity contribution is 14.1. The summed E-state index contributed by atoms with van der Waals surface area (Å²) in [6.45, 7) is 3.63. The minimum atomic E-state index is -3.79. The zero-order valence-corrected chi connectivity index (χ0v) is 17.5. The second kappa shape index (κ2) is 7.69. The molecule has 140 valence electrons. The number of nitrogens with one attached hydrogen (secondary N) is 2. The van der Waals surface area contributed by atoms with Crippen LogP contribution in [0.5, 0.6) is 0 Å². The van der Waals surface area contributed by atoms with Crippen molar-refractivity contribution in [2.45, 2.75) is 18.7 Å². The lowest BCUT2D eigenvalue weighted by Crippen LogP contribution is -2.14. The van der Waals surface area contributed by atoms with Crippen molar-refractivity contribution in [2.24, 2.45) is 0 Å². The summed E-state index contributed by atoms with van der Waals surface area (Å²) in [6.07, 6.45) is 0. The van der Waals surface area contributed by atoms with Gasteiger partial charge in [0.15, 0.2) is 5.82 Å². The molecule has 0 saturated carbocycles. The van der Waals surface area contributed by atoms with Gasteiger partial charge in [0.25, 0.3) is 15.9 Å². The third kappa shape index (κ3) is 4.66. The molecular formula is C18H16IN3O4S. The SMILES string of the molecule is Cc1cc(NS(=O)(=O)c2ccc(NC(=O)c3ccc(C)c(I)c3)cc2)no1. The first kappa shape index (κ1) is 19.4. The van der Waals surface area contributed by atoms with Gasteiger partial charge in [-0.25, -0.2) is 8.42 Å². The Hall–Kier alpha value is -2.40. The third-order valence-corrected chi connectivity index (χ3v) is 6.26. The number of halogens is 1. The summed E-state index contributed by atoms with van der Waals surface area (Å²) in [5, 5.41) is 6.36. The van der Waals surface area contributed by atoms with Gasteiger partial charge in [0, 0.05) is 20.9 Å². The van der Waals surface area contributed by atoms with Crippen LogP contribution in [0.4, 0.5) is 11.5 Å². The Bertz CT molecular complexity index is 1090. The van der Waals surface area contributed by atoms with Crippen LogP contribution < -0.4 is 10.0 Å². The van der Waals surface area contributed by atoms with Crippen LogP contribution in [-0.4, -0.2) is 19.5 Å². The predicted molar refractivity (Wildman–Crippen MR) is 110 cm³/mol. The molecule has 0 atom stereocenters. The zero-order chi connectivity index (χ0) is 19.6. The van der Waals surface area contributed by atoms with Gasteiger partial charge in [-0.05, 0) is 78.4 Å². The number of carbonyl (C=O) groups is 1. The molecule has 2 aromatic carbocycles. The number of aryl methyl sites for hydroxylation is 2. The summed E-state index contributed by atoms with van der Waals surface area (Å²) in [7, 11) is -3.79. The lowest BCUT2D eigenvalue weighted by molar-refractivity contribution is 0.102. The van der Waals surface area contributed by atoms with Gasteiger partial charge in [0.2, 0.25) is 0 Å². The molecule has 2 N–H and O–H groups in total. The van der Waals surface area contributed by atoms with Crippen LogP contribution in [0.1, 0.15) is 21.7 Å². The monoisotopic (exact) mass is 497 g/mol. The lowest BCUT2D eigenvalue weighted by Gasteiger charge is -2.08. The molecule has 0 spiro atoms. The van der Waals surface area contributed by atoms with Gasteiger partial charge in [0.05, 0.1) is 4.90 Å². The molecule has 1 amide bonds. The smallest absolute Gasteiger partial charge is 0.263 e. The van der Waals surface area contributed by atoms with Crippen LogP contribution >= 0.6 is 22.6 Å². The number of hydrogen-bond acceptors (Lipinski definition) is 5. The number of carbonyl (C=O) groups excluding carboxylic acids is 1. The standard InChI is InChI=1S/C18H16IN3O4S/c1-11-3-4-13(10-16(11)19)18(23)20-14-5-7-15(8-6-14)27(24,25)22-17-9-12(2)26-21-17/h3-10H,1-2H3,(H,20,23)(H,21,22). The number of aromatic nitrogens is 1. The summed E-state index contributed by atoms with van der Waals surface area (Å²) in [4.78, 5) is 12.4. The number of benzene rings is 2. The highest BCUT2D eigenvalue weighted by Gasteiger charge is 2.16. The zero-order valence-electron chi connectivity index (χ0n) is 14.5. The van der Waals surface area contributed by atoms with Crippen LogP contribution in [0, 0.1) is 17.4 Å². The van der Waals surface area contributed by atoms with Crippen molar-refractivity contribution in [1.29, 1.82) is 0 Å². The Morgan fingerprint density at radius 2 is 1.78 bits per heavy atom. The minimum absolute atomic E-state index is 0.0473. The van der Waals surface area contributed by atoms with E-state index in [1.165, 1.54) is 30.3 Å². The minimum Gasteiger partial charge on any atom is -0.360 e. The molecule has 0 aliphatic rings. The average molecular weight is 497 g/mol. The summed E-state index contributed by atoms with van der Waals surface area (Å²) in [5.41, 5.74) is 2.12. The van der Waals surface area contributed by atoms with Gasteiger partial charge >= 0.3 is 0 Å². The molecule has 0 radical (unpaired) electrons. The molecule has 9 heteroatoms. The number of hydrogen-bond donors (Lipinski definition) is 2. The Labute approximate surface area is 170 Å². The number of nitrogens with zero attached hydrogens (tertiary/aromatic N) is 1. The quantitative estimate of drug-likeness (QED) is 0.520. The maximum atomic E-state index is 12.4. The number of rotatable bonds is 5. The van der Waals surface area contributed by atoms with Crippen LogP contribution in [-0.2, 0) is 10.0 Å². The van der Waals surface area contributed by atoms with Gasteiger partial charge in [-0.15, -0.1) is 0 Å². The van der Waals surface area contributed by atoms with E-state index in [4.69, 9.17) is 4.52 Å². The van der Waals surface area contributed by atoms with Crippen LogP contribution in [0.2, 0.25) is 0 Å². The fraction of sp³-hybridized carbons (Fsp3) is 0.111. The van der Waals surface area contributed by atoms with E-state index in [-0.39, 0.29) is 16.6 Å². The van der Waals surface area contributed by atoms with E-state index in [1.54, 1.807) is 19.1 Å². The van der Waals surface area contributed by atoms with Crippen LogP contribution in [0.25, 0.3) is 0 Å². The Balaban J connectivity index is 1.72. The van der Waals surface area contributed by atoms with Crippen LogP contribution in [0.15, 0.2) is 57.9 Å². The molecule has 3 rings (SSSR count). The maximum Gasteiger partial charge on any atom is 0.263 e. The lowest BCUT2D eigenvalue weighted by atomic mass is 10.1. The molecule has 0 aliphatic heterocycles. The maximum absolute atomic E-state index is 12.4. The summed E-state index contributed by atoms with van der Waals surface area (Å²) in [5.74, 6) is 0.343. The third-order valence-electron chi connectivity index (χ3n) is 3.72. The van der Waals surface area contributed by atoms with Crippen molar-refractivity contribution in [2.75, 3.05) is 10.0 Å². The highest BCUT2D eigenvalue weighted by Crippen LogP contribution is 2.19. The van der Waals surface area contributed by atoms with Crippen molar-refractivity contribution in [1.82, 2.24) is 5.16 Å². The van der Waals surface area contributed by atoms with Gasteiger partial charge < -0.3 is 9.84 Å². The summed E-state index contributed by atoms with van der Waals surface area (Å²) >= 11 is 2.17. The normalized spacial score (nSPS) is 11.2. The van der Waals surface area contributed by atoms with Crippen molar-refractivity contribution < 1.29 is 17.7 Å². The second-order valence-electron chi connectivity index (χ2n) is 5.87. The Morgan fingerprint density at radius 3 is 2.37 bits per heavy atom. The predicted octanol–water partition coefficient (Wildman–Crippen LogP) is 3.95. The molecule has 1 heterocycles. The van der Waals surface area contributed by atoms with E-state index < -0.39 is 10.0 Å². The molecule has 0 aliphatic carbocycles. The molecular weight excluding hydrogens is 481 g/mol. The first-order valence-corrected chi connectivity index (χ1v) is 10.4. The summed E-state index contributed by atoms with van der Waals surface area (Å²) in [6, 6.07) is 12.8. The first-order valence-electron chi connectivity index (χ1n) is 7.88. The van der Waals surface area contributed by atoms with Crippen molar-refractivity contribution in [3.8, 4) is 0 Å². The van der Waals surface area contributed by atoms with E-state index >= 15 is 0 Å². The molecule has 1 aromatic heterocycles. The van der Waals surface area contributed by atoms with E-state index in [9.17, 15) is 13.2 Å².